The molecule has 1 atom stereocenters. The van der Waals surface area contributed by atoms with Gasteiger partial charge in [0.1, 0.15) is 17.7 Å². The first-order valence-corrected chi connectivity index (χ1v) is 13.7. The van der Waals surface area contributed by atoms with Crippen LogP contribution in [-0.4, -0.2) is 43.5 Å². The largest absolute Gasteiger partial charge is 0.485 e. The summed E-state index contributed by atoms with van der Waals surface area (Å²) in [7, 11) is 1.94. The van der Waals surface area contributed by atoms with E-state index in [0.717, 1.165) is 55.9 Å². The predicted octanol–water partition coefficient (Wildman–Crippen LogP) is 6.02. The molecule has 7 heteroatoms. The Balaban J connectivity index is 1.44. The molecule has 1 saturated heterocycles. The van der Waals surface area contributed by atoms with Gasteiger partial charge in [-0.05, 0) is 68.2 Å². The van der Waals surface area contributed by atoms with Crippen LogP contribution in [0.3, 0.4) is 0 Å². The van der Waals surface area contributed by atoms with Crippen LogP contribution in [0.2, 0.25) is 0 Å². The number of carbonyl (C=O) groups excluding carboxylic acids is 1. The van der Waals surface area contributed by atoms with E-state index in [1.165, 1.54) is 10.9 Å². The zero-order chi connectivity index (χ0) is 25.3. The molecule has 0 bridgehead atoms. The minimum atomic E-state index is -0.251. The van der Waals surface area contributed by atoms with E-state index in [2.05, 4.69) is 21.7 Å². The number of hydrogen-bond acceptors (Lipinski definition) is 5. The molecule has 192 valence electrons. The van der Waals surface area contributed by atoms with Crippen LogP contribution in [0.25, 0.3) is 0 Å². The van der Waals surface area contributed by atoms with Gasteiger partial charge in [0.15, 0.2) is 0 Å². The van der Waals surface area contributed by atoms with Gasteiger partial charge in [0.05, 0.1) is 0 Å². The lowest BCUT2D eigenvalue weighted by Gasteiger charge is -2.38. The highest BCUT2D eigenvalue weighted by Gasteiger charge is 2.29. The molecular formula is C29H36FN3O2S. The number of nitrogens with one attached hydrogen (secondary N) is 1. The van der Waals surface area contributed by atoms with Crippen molar-refractivity contribution in [2.75, 3.05) is 31.6 Å². The fraction of sp³-hybridized carbons (Fsp3) is 0.414. The van der Waals surface area contributed by atoms with Crippen molar-refractivity contribution in [1.29, 1.82) is 0 Å². The van der Waals surface area contributed by atoms with Crippen LogP contribution >= 0.6 is 11.3 Å². The van der Waals surface area contributed by atoms with Crippen molar-refractivity contribution in [2.24, 2.45) is 0 Å². The van der Waals surface area contributed by atoms with Crippen molar-refractivity contribution >= 4 is 22.9 Å². The van der Waals surface area contributed by atoms with Gasteiger partial charge in [0.2, 0.25) is 5.91 Å². The van der Waals surface area contributed by atoms with E-state index in [1.807, 2.05) is 55.3 Å². The molecule has 0 radical (unpaired) electrons. The SMILES string of the molecule is CCC(=O)N(c1ccccc1)C1CCN(Cc2cc(F)ccc2OC(CCNC)c2cccs2)CC1. The number of anilines is 1. The van der Waals surface area contributed by atoms with Crippen molar-refractivity contribution in [3.05, 3.63) is 82.3 Å². The van der Waals surface area contributed by atoms with E-state index in [9.17, 15) is 9.18 Å². The Bertz CT molecular complexity index is 1090. The molecule has 2 aromatic carbocycles. The molecule has 1 aliphatic rings. The number of likely N-dealkylation sites (tertiary alicyclic amines) is 1. The molecule has 1 fully saturated rings. The highest BCUT2D eigenvalue weighted by atomic mass is 32.1. The summed E-state index contributed by atoms with van der Waals surface area (Å²) in [5.74, 6) is 0.640. The smallest absolute Gasteiger partial charge is 0.226 e. The highest BCUT2D eigenvalue weighted by Crippen LogP contribution is 2.32. The predicted molar refractivity (Wildman–Crippen MR) is 145 cm³/mol. The third-order valence-corrected chi connectivity index (χ3v) is 7.69. The first-order valence-electron chi connectivity index (χ1n) is 12.8. The molecule has 0 aliphatic carbocycles. The monoisotopic (exact) mass is 509 g/mol. The average molecular weight is 510 g/mol. The Morgan fingerprint density at radius 1 is 1.17 bits per heavy atom. The summed E-state index contributed by atoms with van der Waals surface area (Å²) in [6, 6.07) is 19.1. The van der Waals surface area contributed by atoms with Crippen molar-refractivity contribution in [3.63, 3.8) is 0 Å². The number of amides is 1. The van der Waals surface area contributed by atoms with Gasteiger partial charge in [-0.3, -0.25) is 9.69 Å². The number of carbonyl (C=O) groups is 1. The maximum absolute atomic E-state index is 14.3. The van der Waals surface area contributed by atoms with Crippen LogP contribution < -0.4 is 15.0 Å². The van der Waals surface area contributed by atoms with Crippen LogP contribution in [0.5, 0.6) is 5.75 Å². The molecule has 1 amide bonds. The Morgan fingerprint density at radius 3 is 2.61 bits per heavy atom. The third-order valence-electron chi connectivity index (χ3n) is 6.73. The standard InChI is InChI=1S/C29H36FN3O2S/c1-3-29(34)33(24-8-5-4-6-9-24)25-14-17-32(18-15-25)21-22-20-23(30)11-12-26(22)35-27(13-16-31-2)28-10-7-19-36-28/h4-12,19-20,25,27,31H,3,13-18,21H2,1-2H3. The normalized spacial score (nSPS) is 15.5. The number of piperidine rings is 1. The summed E-state index contributed by atoms with van der Waals surface area (Å²) in [5.41, 5.74) is 1.83. The van der Waals surface area contributed by atoms with Gasteiger partial charge in [-0.15, -0.1) is 11.3 Å². The van der Waals surface area contributed by atoms with Crippen LogP contribution in [0.4, 0.5) is 10.1 Å². The van der Waals surface area contributed by atoms with Crippen molar-refractivity contribution in [3.8, 4) is 5.75 Å². The van der Waals surface area contributed by atoms with E-state index in [1.54, 1.807) is 23.5 Å². The Kier molecular flexibility index (Phi) is 9.50. The lowest BCUT2D eigenvalue weighted by Crippen LogP contribution is -2.47. The third kappa shape index (κ3) is 6.72. The molecule has 4 rings (SSSR count). The topological polar surface area (TPSA) is 44.8 Å². The second-order valence-electron chi connectivity index (χ2n) is 9.23. The van der Waals surface area contributed by atoms with Crippen molar-refractivity contribution in [1.82, 2.24) is 10.2 Å². The zero-order valence-corrected chi connectivity index (χ0v) is 22.0. The molecule has 1 aromatic heterocycles. The molecule has 2 heterocycles. The van der Waals surface area contributed by atoms with Gasteiger partial charge in [-0.1, -0.05) is 31.2 Å². The zero-order valence-electron chi connectivity index (χ0n) is 21.2. The first-order chi connectivity index (χ1) is 17.6. The number of nitrogens with zero attached hydrogens (tertiary/aromatic N) is 2. The van der Waals surface area contributed by atoms with Crippen LogP contribution in [0.15, 0.2) is 66.0 Å². The quantitative estimate of drug-likeness (QED) is 0.343. The van der Waals surface area contributed by atoms with E-state index in [-0.39, 0.29) is 23.9 Å². The Labute approximate surface area is 217 Å². The summed E-state index contributed by atoms with van der Waals surface area (Å²) < 4.78 is 20.7. The number of benzene rings is 2. The maximum atomic E-state index is 14.3. The van der Waals surface area contributed by atoms with Crippen LogP contribution in [0.1, 0.15) is 49.2 Å². The van der Waals surface area contributed by atoms with Crippen molar-refractivity contribution < 1.29 is 13.9 Å². The Hall–Kier alpha value is -2.74. The van der Waals surface area contributed by atoms with Gasteiger partial charge in [0, 0.05) is 54.6 Å². The van der Waals surface area contributed by atoms with E-state index in [0.29, 0.717) is 13.0 Å². The number of hydrogen-bond donors (Lipinski definition) is 1. The molecule has 0 spiro atoms. The second-order valence-corrected chi connectivity index (χ2v) is 10.2. The van der Waals surface area contributed by atoms with Gasteiger partial charge in [-0.2, -0.15) is 0 Å². The molecule has 5 nitrogen and oxygen atoms in total. The summed E-state index contributed by atoms with van der Waals surface area (Å²) in [5, 5.41) is 5.26. The fourth-order valence-electron chi connectivity index (χ4n) is 4.84. The maximum Gasteiger partial charge on any atom is 0.226 e. The molecule has 0 saturated carbocycles. The minimum Gasteiger partial charge on any atom is -0.485 e. The van der Waals surface area contributed by atoms with Gasteiger partial charge < -0.3 is 15.0 Å². The van der Waals surface area contributed by atoms with E-state index in [4.69, 9.17) is 4.74 Å². The van der Waals surface area contributed by atoms with Crippen LogP contribution in [0, 0.1) is 5.82 Å². The van der Waals surface area contributed by atoms with Crippen LogP contribution in [-0.2, 0) is 11.3 Å². The minimum absolute atomic E-state index is 0.0770. The molecule has 1 unspecified atom stereocenters. The summed E-state index contributed by atoms with van der Waals surface area (Å²) in [6.45, 7) is 5.06. The van der Waals surface area contributed by atoms with Crippen molar-refractivity contribution in [2.45, 2.75) is 51.3 Å². The van der Waals surface area contributed by atoms with Gasteiger partial charge >= 0.3 is 0 Å². The highest BCUT2D eigenvalue weighted by molar-refractivity contribution is 7.10. The first kappa shape index (κ1) is 26.3. The second kappa shape index (κ2) is 13.0. The summed E-state index contributed by atoms with van der Waals surface area (Å²) >= 11 is 1.68. The summed E-state index contributed by atoms with van der Waals surface area (Å²) in [6.07, 6.45) is 3.00. The average Bonchev–Trinajstić information content (AvgIpc) is 3.44. The molecule has 36 heavy (non-hydrogen) atoms. The fourth-order valence-corrected chi connectivity index (χ4v) is 5.63. The number of para-hydroxylation sites is 1. The number of ether oxygens (including phenoxy) is 1. The molecule has 1 aliphatic heterocycles. The van der Waals surface area contributed by atoms with E-state index >= 15 is 0 Å². The van der Waals surface area contributed by atoms with E-state index < -0.39 is 0 Å². The lowest BCUT2D eigenvalue weighted by molar-refractivity contribution is -0.119. The summed E-state index contributed by atoms with van der Waals surface area (Å²) in [4.78, 5) is 18.3. The Morgan fingerprint density at radius 2 is 1.94 bits per heavy atom. The molecular weight excluding hydrogens is 473 g/mol. The molecule has 3 aromatic rings. The number of thiophene rings is 1. The van der Waals surface area contributed by atoms with Gasteiger partial charge in [0.25, 0.3) is 0 Å². The van der Waals surface area contributed by atoms with Gasteiger partial charge in [-0.25, -0.2) is 4.39 Å². The number of rotatable bonds is 11. The lowest BCUT2D eigenvalue weighted by atomic mass is 10.0. The number of halogens is 1. The molecule has 1 N–H and O–H groups in total.